The summed E-state index contributed by atoms with van der Waals surface area (Å²) in [5.41, 5.74) is 6.46. The molecule has 0 aliphatic carbocycles. The lowest BCUT2D eigenvalue weighted by atomic mass is 10.2. The van der Waals surface area contributed by atoms with E-state index < -0.39 is 0 Å². The normalized spacial score (nSPS) is 10.6. The molecule has 0 aromatic carbocycles. The molecule has 3 N–H and O–H groups in total. The molecule has 0 saturated carbocycles. The zero-order chi connectivity index (χ0) is 10.4. The molecule has 0 aliphatic rings. The van der Waals surface area contributed by atoms with Crippen LogP contribution in [0.5, 0.6) is 0 Å². The van der Waals surface area contributed by atoms with E-state index in [1.807, 2.05) is 6.07 Å². The number of primary amides is 1. The van der Waals surface area contributed by atoms with Crippen LogP contribution in [0.4, 0.5) is 0 Å². The topological polar surface area (TPSA) is 76.2 Å². The van der Waals surface area contributed by atoms with Gasteiger partial charge in [-0.3, -0.25) is 9.78 Å². The predicted molar refractivity (Wildman–Crippen MR) is 53.0 cm³/mol. The van der Waals surface area contributed by atoms with Gasteiger partial charge in [0.25, 0.3) is 0 Å². The van der Waals surface area contributed by atoms with Crippen LogP contribution in [0.15, 0.2) is 24.4 Å². The lowest BCUT2D eigenvalue weighted by molar-refractivity contribution is -0.117. The molecule has 14 heavy (non-hydrogen) atoms. The van der Waals surface area contributed by atoms with Gasteiger partial charge in [0.2, 0.25) is 5.91 Å². The second-order valence-corrected chi connectivity index (χ2v) is 2.81. The quantitative estimate of drug-likeness (QED) is 0.727. The fraction of sp³-hybridized carbons (Fsp3) is 0.200. The molecule has 0 atom stereocenters. The van der Waals surface area contributed by atoms with E-state index in [1.165, 1.54) is 0 Å². The van der Waals surface area contributed by atoms with E-state index in [4.69, 9.17) is 10.8 Å². The molecule has 0 aliphatic heterocycles. The number of aromatic nitrogens is 1. The predicted octanol–water partition coefficient (Wildman–Crippen LogP) is 0.462. The molecule has 1 heterocycles. The van der Waals surface area contributed by atoms with E-state index >= 15 is 0 Å². The molecule has 4 heteroatoms. The van der Waals surface area contributed by atoms with Crippen molar-refractivity contribution in [2.75, 3.05) is 0 Å². The zero-order valence-electron chi connectivity index (χ0n) is 7.68. The Morgan fingerprint density at radius 1 is 1.57 bits per heavy atom. The van der Waals surface area contributed by atoms with Crippen LogP contribution >= 0.6 is 0 Å². The number of nitrogens with two attached hydrogens (primary N) is 1. The number of hydrogen-bond donors (Lipinski definition) is 2. The highest BCUT2D eigenvalue weighted by Crippen LogP contribution is 2.02. The first-order chi connectivity index (χ1) is 6.72. The Kier molecular flexibility index (Phi) is 3.82. The molecule has 0 fully saturated rings. The molecule has 0 spiro atoms. The first kappa shape index (κ1) is 10.4. The van der Waals surface area contributed by atoms with Crippen LogP contribution in [0, 0.1) is 0 Å². The Morgan fingerprint density at radius 2 is 2.36 bits per heavy atom. The van der Waals surface area contributed by atoms with E-state index in [2.05, 4.69) is 4.98 Å². The van der Waals surface area contributed by atoms with Crippen molar-refractivity contribution < 1.29 is 9.90 Å². The molecule has 74 valence electrons. The smallest absolute Gasteiger partial charge is 0.221 e. The minimum absolute atomic E-state index is 0.0642. The third-order valence-corrected chi connectivity index (χ3v) is 1.64. The van der Waals surface area contributed by atoms with Gasteiger partial charge < -0.3 is 10.8 Å². The summed E-state index contributed by atoms with van der Waals surface area (Å²) in [5, 5.41) is 8.74. The van der Waals surface area contributed by atoms with Crippen molar-refractivity contribution in [3.63, 3.8) is 0 Å². The third-order valence-electron chi connectivity index (χ3n) is 1.64. The number of hydrogen-bond acceptors (Lipinski definition) is 3. The number of rotatable bonds is 4. The van der Waals surface area contributed by atoms with Crippen LogP contribution in [-0.4, -0.2) is 16.0 Å². The van der Waals surface area contributed by atoms with Gasteiger partial charge in [-0.1, -0.05) is 18.2 Å². The number of nitrogens with zero attached hydrogens (tertiary/aromatic N) is 1. The monoisotopic (exact) mass is 192 g/mol. The van der Waals surface area contributed by atoms with E-state index in [0.29, 0.717) is 5.69 Å². The summed E-state index contributed by atoms with van der Waals surface area (Å²) in [6, 6.07) is 3.54. The van der Waals surface area contributed by atoms with Gasteiger partial charge in [-0.05, 0) is 11.6 Å². The van der Waals surface area contributed by atoms with Crippen molar-refractivity contribution in [3.8, 4) is 0 Å². The first-order valence-electron chi connectivity index (χ1n) is 4.23. The van der Waals surface area contributed by atoms with Crippen LogP contribution in [0.25, 0.3) is 6.08 Å². The fourth-order valence-corrected chi connectivity index (χ4v) is 0.939. The van der Waals surface area contributed by atoms with Crippen molar-refractivity contribution in [3.05, 3.63) is 35.7 Å². The summed E-state index contributed by atoms with van der Waals surface area (Å²) in [5.74, 6) is -0.360. The number of aliphatic hydroxyl groups is 1. The van der Waals surface area contributed by atoms with Crippen molar-refractivity contribution in [1.29, 1.82) is 0 Å². The van der Waals surface area contributed by atoms with Gasteiger partial charge in [-0.2, -0.15) is 0 Å². The Hall–Kier alpha value is -1.68. The van der Waals surface area contributed by atoms with Gasteiger partial charge in [0.05, 0.1) is 12.3 Å². The second kappa shape index (κ2) is 5.14. The van der Waals surface area contributed by atoms with E-state index in [1.54, 1.807) is 24.4 Å². The van der Waals surface area contributed by atoms with Crippen molar-refractivity contribution in [2.24, 2.45) is 5.73 Å². The van der Waals surface area contributed by atoms with Crippen LogP contribution in [0.3, 0.4) is 0 Å². The Balaban J connectivity index is 2.59. The Morgan fingerprint density at radius 3 is 2.86 bits per heavy atom. The number of amides is 1. The number of carbonyl (C=O) groups excluding carboxylic acids is 1. The molecule has 1 amide bonds. The zero-order valence-corrected chi connectivity index (χ0v) is 7.68. The molecule has 1 rings (SSSR count). The van der Waals surface area contributed by atoms with Crippen LogP contribution in [0.1, 0.15) is 17.7 Å². The SMILES string of the molecule is NC(=O)CC=Cc1ccc(CO)nc1. The maximum Gasteiger partial charge on any atom is 0.221 e. The van der Waals surface area contributed by atoms with Crippen LogP contribution < -0.4 is 5.73 Å². The summed E-state index contributed by atoms with van der Waals surface area (Å²) >= 11 is 0. The molecule has 1 aromatic rings. The molecule has 4 nitrogen and oxygen atoms in total. The van der Waals surface area contributed by atoms with Crippen LogP contribution in [0.2, 0.25) is 0 Å². The first-order valence-corrected chi connectivity index (χ1v) is 4.23. The van der Waals surface area contributed by atoms with Gasteiger partial charge in [0.1, 0.15) is 0 Å². The third kappa shape index (κ3) is 3.37. The van der Waals surface area contributed by atoms with Gasteiger partial charge in [-0.15, -0.1) is 0 Å². The highest BCUT2D eigenvalue weighted by atomic mass is 16.3. The Labute approximate surface area is 82.1 Å². The summed E-state index contributed by atoms with van der Waals surface area (Å²) < 4.78 is 0. The number of pyridine rings is 1. The largest absolute Gasteiger partial charge is 0.390 e. The highest BCUT2D eigenvalue weighted by molar-refractivity contribution is 5.76. The van der Waals surface area contributed by atoms with Gasteiger partial charge in [0, 0.05) is 12.6 Å². The van der Waals surface area contributed by atoms with Crippen LogP contribution in [-0.2, 0) is 11.4 Å². The lowest BCUT2D eigenvalue weighted by Crippen LogP contribution is -2.07. The second-order valence-electron chi connectivity index (χ2n) is 2.81. The van der Waals surface area contributed by atoms with Crippen molar-refractivity contribution >= 4 is 12.0 Å². The maximum atomic E-state index is 10.4. The fourth-order valence-electron chi connectivity index (χ4n) is 0.939. The average Bonchev–Trinajstić information content (AvgIpc) is 2.18. The van der Waals surface area contributed by atoms with E-state index in [9.17, 15) is 4.79 Å². The maximum absolute atomic E-state index is 10.4. The summed E-state index contributed by atoms with van der Waals surface area (Å²) in [6.45, 7) is -0.0642. The molecular formula is C10H12N2O2. The minimum Gasteiger partial charge on any atom is -0.390 e. The van der Waals surface area contributed by atoms with E-state index in [0.717, 1.165) is 5.56 Å². The van der Waals surface area contributed by atoms with Crippen molar-refractivity contribution in [2.45, 2.75) is 13.0 Å². The molecule has 0 unspecified atom stereocenters. The molecule has 0 saturated heterocycles. The summed E-state index contributed by atoms with van der Waals surface area (Å²) in [4.78, 5) is 14.4. The van der Waals surface area contributed by atoms with E-state index in [-0.39, 0.29) is 18.9 Å². The number of aliphatic hydroxyl groups excluding tert-OH is 1. The minimum atomic E-state index is -0.360. The van der Waals surface area contributed by atoms with Gasteiger partial charge in [0.15, 0.2) is 0 Å². The lowest BCUT2D eigenvalue weighted by Gasteiger charge is -1.95. The molecule has 1 aromatic heterocycles. The average molecular weight is 192 g/mol. The molecule has 0 radical (unpaired) electrons. The Bertz CT molecular complexity index is 330. The van der Waals surface area contributed by atoms with Gasteiger partial charge in [-0.25, -0.2) is 0 Å². The highest BCUT2D eigenvalue weighted by Gasteiger charge is 1.91. The summed E-state index contributed by atoms with van der Waals surface area (Å²) in [6.07, 6.45) is 5.29. The molecule has 0 bridgehead atoms. The van der Waals surface area contributed by atoms with Crippen molar-refractivity contribution in [1.82, 2.24) is 4.98 Å². The standard InChI is InChI=1S/C10H12N2O2/c11-10(14)3-1-2-8-4-5-9(7-13)12-6-8/h1-2,4-6,13H,3,7H2,(H2,11,14). The number of carbonyl (C=O) groups is 1. The van der Waals surface area contributed by atoms with Gasteiger partial charge >= 0.3 is 0 Å². The summed E-state index contributed by atoms with van der Waals surface area (Å²) in [7, 11) is 0. The molecular weight excluding hydrogens is 180 g/mol.